The summed E-state index contributed by atoms with van der Waals surface area (Å²) in [5.41, 5.74) is 1.27. The molecule has 9 heteroatoms. The number of rotatable bonds is 6. The molecule has 1 fully saturated rings. The third kappa shape index (κ3) is 4.83. The second-order valence-electron chi connectivity index (χ2n) is 8.20. The van der Waals surface area contributed by atoms with E-state index in [9.17, 15) is 14.7 Å². The van der Waals surface area contributed by atoms with Crippen molar-refractivity contribution >= 4 is 17.7 Å². The van der Waals surface area contributed by atoms with Gasteiger partial charge in [0.15, 0.2) is 0 Å². The Labute approximate surface area is 202 Å². The van der Waals surface area contributed by atoms with Crippen LogP contribution in [0.25, 0.3) is 0 Å². The highest BCUT2D eigenvalue weighted by atomic mass is 35.5. The lowest BCUT2D eigenvalue weighted by atomic mass is 9.96. The van der Waals surface area contributed by atoms with Crippen molar-refractivity contribution in [1.82, 2.24) is 14.4 Å². The summed E-state index contributed by atoms with van der Waals surface area (Å²) in [7, 11) is 0. The standard InChI is InChI=1S/C25H28ClN3O5/c1-3-33-25(32)28-12-10-27(11-13-28)23(19-8-4-5-9-20(19)26)22-21(30)15-17(2)29(24(22)31)16-18-7-6-14-34-18/h4-9,14-15,23,30H,3,10-13,16H2,1-2H3. The monoisotopic (exact) mass is 485 g/mol. The zero-order valence-corrected chi connectivity index (χ0v) is 20.0. The van der Waals surface area contributed by atoms with Crippen LogP contribution in [0.5, 0.6) is 5.75 Å². The fourth-order valence-corrected chi connectivity index (χ4v) is 4.63. The largest absolute Gasteiger partial charge is 0.507 e. The minimum Gasteiger partial charge on any atom is -0.507 e. The molecule has 1 N–H and O–H groups in total. The average molecular weight is 486 g/mol. The SMILES string of the molecule is CCOC(=O)N1CCN(C(c2ccccc2Cl)c2c(O)cc(C)n(Cc3ccco3)c2=O)CC1. The van der Waals surface area contributed by atoms with Gasteiger partial charge in [0, 0.05) is 36.9 Å². The molecule has 1 saturated heterocycles. The molecule has 1 unspecified atom stereocenters. The van der Waals surface area contributed by atoms with Gasteiger partial charge in [0.2, 0.25) is 0 Å². The Kier molecular flexibility index (Phi) is 7.29. The number of furan rings is 1. The molecule has 1 aliphatic heterocycles. The number of halogens is 1. The summed E-state index contributed by atoms with van der Waals surface area (Å²) in [4.78, 5) is 29.7. The molecule has 4 rings (SSSR count). The van der Waals surface area contributed by atoms with Gasteiger partial charge in [-0.25, -0.2) is 4.79 Å². The quantitative estimate of drug-likeness (QED) is 0.567. The van der Waals surface area contributed by atoms with Crippen molar-refractivity contribution in [1.29, 1.82) is 0 Å². The van der Waals surface area contributed by atoms with Crippen LogP contribution in [-0.2, 0) is 11.3 Å². The van der Waals surface area contributed by atoms with Crippen LogP contribution in [0, 0.1) is 6.92 Å². The Morgan fingerprint density at radius 1 is 1.18 bits per heavy atom. The summed E-state index contributed by atoms with van der Waals surface area (Å²) >= 11 is 6.58. The third-order valence-corrected chi connectivity index (χ3v) is 6.44. The number of piperazine rings is 1. The molecule has 1 atom stereocenters. The molecular weight excluding hydrogens is 458 g/mol. The molecule has 8 nitrogen and oxygen atoms in total. The average Bonchev–Trinajstić information content (AvgIpc) is 3.34. The van der Waals surface area contributed by atoms with Crippen molar-refractivity contribution < 1.29 is 19.1 Å². The van der Waals surface area contributed by atoms with Crippen molar-refractivity contribution in [3.05, 3.63) is 86.7 Å². The van der Waals surface area contributed by atoms with Crippen LogP contribution < -0.4 is 5.56 Å². The first-order valence-electron chi connectivity index (χ1n) is 11.3. The molecule has 0 aliphatic carbocycles. The molecule has 0 spiro atoms. The molecule has 3 heterocycles. The predicted molar refractivity (Wildman–Crippen MR) is 128 cm³/mol. The Morgan fingerprint density at radius 2 is 1.91 bits per heavy atom. The summed E-state index contributed by atoms with van der Waals surface area (Å²) in [6.07, 6.45) is 1.21. The van der Waals surface area contributed by atoms with E-state index in [1.54, 1.807) is 53.8 Å². The van der Waals surface area contributed by atoms with Crippen molar-refractivity contribution in [3.63, 3.8) is 0 Å². The fraction of sp³-hybridized carbons (Fsp3) is 0.360. The van der Waals surface area contributed by atoms with Gasteiger partial charge in [-0.05, 0) is 43.7 Å². The number of pyridine rings is 1. The first kappa shape index (κ1) is 23.9. The van der Waals surface area contributed by atoms with E-state index in [2.05, 4.69) is 4.90 Å². The van der Waals surface area contributed by atoms with Crippen LogP contribution in [0.3, 0.4) is 0 Å². The summed E-state index contributed by atoms with van der Waals surface area (Å²) in [5, 5.41) is 11.5. The molecule has 0 radical (unpaired) electrons. The highest BCUT2D eigenvalue weighted by Gasteiger charge is 2.33. The molecule has 180 valence electrons. The van der Waals surface area contributed by atoms with Crippen molar-refractivity contribution in [2.45, 2.75) is 26.4 Å². The van der Waals surface area contributed by atoms with Crippen LogP contribution in [0.4, 0.5) is 4.79 Å². The third-order valence-electron chi connectivity index (χ3n) is 6.10. The van der Waals surface area contributed by atoms with Gasteiger partial charge in [-0.3, -0.25) is 9.69 Å². The number of hydrogen-bond acceptors (Lipinski definition) is 6. The topological polar surface area (TPSA) is 88.2 Å². The molecule has 2 aromatic heterocycles. The highest BCUT2D eigenvalue weighted by Crippen LogP contribution is 2.36. The summed E-state index contributed by atoms with van der Waals surface area (Å²) in [6, 6.07) is 11.9. The fourth-order valence-electron chi connectivity index (χ4n) is 4.39. The Morgan fingerprint density at radius 3 is 2.56 bits per heavy atom. The number of nitrogens with zero attached hydrogens (tertiary/aromatic N) is 3. The molecule has 1 aromatic carbocycles. The lowest BCUT2D eigenvalue weighted by molar-refractivity contribution is 0.0709. The van der Waals surface area contributed by atoms with E-state index in [-0.39, 0.29) is 29.5 Å². The maximum absolute atomic E-state index is 13.8. The van der Waals surface area contributed by atoms with Gasteiger partial charge in [-0.15, -0.1) is 0 Å². The molecule has 1 amide bonds. The molecule has 0 saturated carbocycles. The number of hydrogen-bond donors (Lipinski definition) is 1. The maximum Gasteiger partial charge on any atom is 0.409 e. The molecule has 3 aromatic rings. The number of aromatic nitrogens is 1. The number of aromatic hydroxyl groups is 1. The van der Waals surface area contributed by atoms with Gasteiger partial charge < -0.3 is 23.7 Å². The zero-order valence-electron chi connectivity index (χ0n) is 19.2. The van der Waals surface area contributed by atoms with E-state index in [1.165, 1.54) is 0 Å². The van der Waals surface area contributed by atoms with E-state index < -0.39 is 6.04 Å². The number of carbonyl (C=O) groups excluding carboxylic acids is 1. The first-order valence-corrected chi connectivity index (χ1v) is 11.6. The maximum atomic E-state index is 13.8. The molecule has 0 bridgehead atoms. The van der Waals surface area contributed by atoms with Crippen LogP contribution >= 0.6 is 11.6 Å². The Bertz CT molecular complexity index is 1200. The number of amides is 1. The Balaban J connectivity index is 1.76. The minimum absolute atomic E-state index is 0.0871. The highest BCUT2D eigenvalue weighted by molar-refractivity contribution is 6.31. The van der Waals surface area contributed by atoms with Crippen molar-refractivity contribution in [3.8, 4) is 5.75 Å². The second kappa shape index (κ2) is 10.4. The van der Waals surface area contributed by atoms with E-state index in [4.69, 9.17) is 20.8 Å². The van der Waals surface area contributed by atoms with E-state index >= 15 is 0 Å². The zero-order chi connectivity index (χ0) is 24.2. The van der Waals surface area contributed by atoms with E-state index in [1.807, 2.05) is 18.2 Å². The molecule has 34 heavy (non-hydrogen) atoms. The van der Waals surface area contributed by atoms with Crippen molar-refractivity contribution in [2.75, 3.05) is 32.8 Å². The van der Waals surface area contributed by atoms with Crippen LogP contribution in [0.2, 0.25) is 5.02 Å². The molecular formula is C25H28ClN3O5. The number of carbonyl (C=O) groups is 1. The van der Waals surface area contributed by atoms with Crippen molar-refractivity contribution in [2.24, 2.45) is 0 Å². The van der Waals surface area contributed by atoms with Gasteiger partial charge in [0.25, 0.3) is 5.56 Å². The molecule has 1 aliphatic rings. The summed E-state index contributed by atoms with van der Waals surface area (Å²) in [5.74, 6) is 0.551. The first-order chi connectivity index (χ1) is 16.4. The van der Waals surface area contributed by atoms with Gasteiger partial charge >= 0.3 is 6.09 Å². The van der Waals surface area contributed by atoms with Gasteiger partial charge in [-0.2, -0.15) is 0 Å². The smallest absolute Gasteiger partial charge is 0.409 e. The Hall–Kier alpha value is -3.23. The van der Waals surface area contributed by atoms with Gasteiger partial charge in [0.05, 0.1) is 31.0 Å². The van der Waals surface area contributed by atoms with Gasteiger partial charge in [-0.1, -0.05) is 29.8 Å². The number of aryl methyl sites for hydroxylation is 1. The summed E-state index contributed by atoms with van der Waals surface area (Å²) < 4.78 is 12.2. The van der Waals surface area contributed by atoms with E-state index in [0.29, 0.717) is 49.3 Å². The second-order valence-corrected chi connectivity index (χ2v) is 8.61. The van der Waals surface area contributed by atoms with Crippen LogP contribution in [-0.4, -0.2) is 58.4 Å². The lowest BCUT2D eigenvalue weighted by Gasteiger charge is -2.39. The van der Waals surface area contributed by atoms with Gasteiger partial charge in [0.1, 0.15) is 11.5 Å². The normalized spacial score (nSPS) is 15.3. The van der Waals surface area contributed by atoms with Crippen LogP contribution in [0.1, 0.15) is 35.5 Å². The minimum atomic E-state index is -0.589. The number of benzene rings is 1. The summed E-state index contributed by atoms with van der Waals surface area (Å²) in [6.45, 7) is 5.95. The number of ether oxygens (including phenoxy) is 1. The van der Waals surface area contributed by atoms with E-state index in [0.717, 1.165) is 5.56 Å². The lowest BCUT2D eigenvalue weighted by Crippen LogP contribution is -2.50. The van der Waals surface area contributed by atoms with Crippen LogP contribution in [0.15, 0.2) is 57.9 Å². The predicted octanol–water partition coefficient (Wildman–Crippen LogP) is 4.02.